The summed E-state index contributed by atoms with van der Waals surface area (Å²) in [5.74, 6) is -0.671. The van der Waals surface area contributed by atoms with Crippen molar-refractivity contribution < 1.29 is 17.6 Å². The highest BCUT2D eigenvalue weighted by Crippen LogP contribution is 2.20. The van der Waals surface area contributed by atoms with Crippen molar-refractivity contribution in [2.24, 2.45) is 0 Å². The van der Waals surface area contributed by atoms with Crippen LogP contribution in [0.5, 0.6) is 0 Å². The van der Waals surface area contributed by atoms with E-state index in [-0.39, 0.29) is 4.90 Å². The number of nitrogens with one attached hydrogen (secondary N) is 1. The zero-order chi connectivity index (χ0) is 20.3. The Kier molecular flexibility index (Phi) is 5.76. The smallest absolute Gasteiger partial charge is 0.243 e. The molecule has 0 radical (unpaired) electrons. The van der Waals surface area contributed by atoms with Gasteiger partial charge in [0, 0.05) is 13.6 Å². The van der Waals surface area contributed by atoms with Gasteiger partial charge in [-0.1, -0.05) is 19.1 Å². The molecule has 0 bridgehead atoms. The molecule has 7 nitrogen and oxygen atoms in total. The fourth-order valence-electron chi connectivity index (χ4n) is 2.86. The predicted molar refractivity (Wildman–Crippen MR) is 105 cm³/mol. The molecule has 28 heavy (non-hydrogen) atoms. The first kappa shape index (κ1) is 20.0. The van der Waals surface area contributed by atoms with E-state index in [4.69, 9.17) is 0 Å². The maximum atomic E-state index is 13.0. The molecule has 0 fully saturated rings. The van der Waals surface area contributed by atoms with Gasteiger partial charge >= 0.3 is 0 Å². The molecule has 0 spiro atoms. The number of para-hydroxylation sites is 2. The summed E-state index contributed by atoms with van der Waals surface area (Å²) >= 11 is 0. The van der Waals surface area contributed by atoms with Crippen LogP contribution in [0.1, 0.15) is 13.3 Å². The number of anilines is 1. The van der Waals surface area contributed by atoms with Crippen molar-refractivity contribution in [3.8, 4) is 0 Å². The summed E-state index contributed by atoms with van der Waals surface area (Å²) in [5.41, 5.74) is 1.64. The minimum absolute atomic E-state index is 0.0811. The zero-order valence-corrected chi connectivity index (χ0v) is 16.4. The molecule has 0 aliphatic rings. The number of hydrogen-bond donors (Lipinski definition) is 1. The van der Waals surface area contributed by atoms with Gasteiger partial charge in [0.25, 0.3) is 0 Å². The van der Waals surface area contributed by atoms with Crippen LogP contribution in [0.4, 0.5) is 10.3 Å². The topological polar surface area (TPSA) is 84.3 Å². The second-order valence-electron chi connectivity index (χ2n) is 6.34. The number of aryl methyl sites for hydroxylation is 1. The van der Waals surface area contributed by atoms with Crippen LogP contribution in [-0.4, -0.2) is 41.8 Å². The van der Waals surface area contributed by atoms with Crippen molar-refractivity contribution in [2.75, 3.05) is 18.9 Å². The Balaban J connectivity index is 1.77. The lowest BCUT2D eigenvalue weighted by molar-refractivity contribution is -0.116. The molecule has 2 aromatic carbocycles. The number of fused-ring (bicyclic) bond motifs is 1. The van der Waals surface area contributed by atoms with Gasteiger partial charge in [-0.15, -0.1) is 0 Å². The molecule has 3 rings (SSSR count). The van der Waals surface area contributed by atoms with Crippen molar-refractivity contribution in [1.29, 1.82) is 0 Å². The summed E-state index contributed by atoms with van der Waals surface area (Å²) in [4.78, 5) is 16.8. The molecule has 1 heterocycles. The lowest BCUT2D eigenvalue weighted by atomic mass is 10.3. The maximum absolute atomic E-state index is 13.0. The molecular formula is C19H21FN4O3S. The van der Waals surface area contributed by atoms with Crippen LogP contribution in [0, 0.1) is 5.82 Å². The molecule has 1 amide bonds. The summed E-state index contributed by atoms with van der Waals surface area (Å²) in [7, 11) is -2.61. The SMILES string of the molecule is CCCn1c(NC(=O)CN(C)S(=O)(=O)c2ccc(F)cc2)nc2ccccc21. The first-order valence-electron chi connectivity index (χ1n) is 8.80. The number of carbonyl (C=O) groups is 1. The average Bonchev–Trinajstić information content (AvgIpc) is 2.99. The molecule has 9 heteroatoms. The standard InChI is InChI=1S/C19H21FN4O3S/c1-3-12-24-17-7-5-4-6-16(17)21-19(24)22-18(25)13-23(2)28(26,27)15-10-8-14(20)9-11-15/h4-11H,3,12-13H2,1-2H3,(H,21,22,25). The summed E-state index contributed by atoms with van der Waals surface area (Å²) < 4.78 is 40.9. The molecule has 3 aromatic rings. The summed E-state index contributed by atoms with van der Waals surface area (Å²) in [5, 5.41) is 2.70. The monoisotopic (exact) mass is 404 g/mol. The predicted octanol–water partition coefficient (Wildman–Crippen LogP) is 2.84. The first-order valence-corrected chi connectivity index (χ1v) is 10.2. The quantitative estimate of drug-likeness (QED) is 0.656. The lowest BCUT2D eigenvalue weighted by Gasteiger charge is -2.17. The van der Waals surface area contributed by atoms with E-state index >= 15 is 0 Å². The van der Waals surface area contributed by atoms with E-state index in [1.807, 2.05) is 35.8 Å². The van der Waals surface area contributed by atoms with Crippen LogP contribution in [0.25, 0.3) is 11.0 Å². The number of rotatable bonds is 7. The maximum Gasteiger partial charge on any atom is 0.243 e. The van der Waals surface area contributed by atoms with Crippen LogP contribution in [0.15, 0.2) is 53.4 Å². The minimum Gasteiger partial charge on any atom is -0.310 e. The molecule has 1 N–H and O–H groups in total. The average molecular weight is 404 g/mol. The van der Waals surface area contributed by atoms with Crippen LogP contribution in [0.3, 0.4) is 0 Å². The fraction of sp³-hybridized carbons (Fsp3) is 0.263. The molecule has 0 aliphatic heterocycles. The van der Waals surface area contributed by atoms with Gasteiger partial charge in [-0.3, -0.25) is 10.1 Å². The lowest BCUT2D eigenvalue weighted by Crippen LogP contribution is -2.35. The summed E-state index contributed by atoms with van der Waals surface area (Å²) in [6, 6.07) is 12.0. The van der Waals surface area contributed by atoms with Gasteiger partial charge in [-0.05, 0) is 42.8 Å². The number of nitrogens with zero attached hydrogens (tertiary/aromatic N) is 3. The van der Waals surface area contributed by atoms with Crippen LogP contribution in [0.2, 0.25) is 0 Å². The Hall–Kier alpha value is -2.78. The molecule has 0 saturated carbocycles. The van der Waals surface area contributed by atoms with E-state index < -0.39 is 28.3 Å². The molecule has 0 atom stereocenters. The number of hydrogen-bond acceptors (Lipinski definition) is 4. The van der Waals surface area contributed by atoms with Crippen molar-refractivity contribution in [2.45, 2.75) is 24.8 Å². The largest absolute Gasteiger partial charge is 0.310 e. The molecular weight excluding hydrogens is 383 g/mol. The number of amides is 1. The van der Waals surface area contributed by atoms with Crippen molar-refractivity contribution in [3.63, 3.8) is 0 Å². The highest BCUT2D eigenvalue weighted by atomic mass is 32.2. The third-order valence-corrected chi connectivity index (χ3v) is 6.06. The Morgan fingerprint density at radius 2 is 1.86 bits per heavy atom. The number of imidazole rings is 1. The van der Waals surface area contributed by atoms with Crippen LogP contribution >= 0.6 is 0 Å². The fourth-order valence-corrected chi connectivity index (χ4v) is 3.99. The second-order valence-corrected chi connectivity index (χ2v) is 8.38. The van der Waals surface area contributed by atoms with Gasteiger partial charge < -0.3 is 4.57 Å². The van der Waals surface area contributed by atoms with E-state index in [9.17, 15) is 17.6 Å². The van der Waals surface area contributed by atoms with E-state index in [2.05, 4.69) is 10.3 Å². The van der Waals surface area contributed by atoms with Crippen molar-refractivity contribution in [3.05, 3.63) is 54.3 Å². The Morgan fingerprint density at radius 3 is 2.54 bits per heavy atom. The number of benzene rings is 2. The molecule has 0 aliphatic carbocycles. The summed E-state index contributed by atoms with van der Waals surface area (Å²) in [6.45, 7) is 2.29. The van der Waals surface area contributed by atoms with Crippen LogP contribution in [-0.2, 0) is 21.4 Å². The molecule has 0 saturated heterocycles. The molecule has 0 unspecified atom stereocenters. The third kappa shape index (κ3) is 4.05. The Morgan fingerprint density at radius 1 is 1.18 bits per heavy atom. The van der Waals surface area contributed by atoms with Crippen LogP contribution < -0.4 is 5.32 Å². The van der Waals surface area contributed by atoms with Gasteiger partial charge in [0.2, 0.25) is 21.9 Å². The minimum atomic E-state index is -3.91. The first-order chi connectivity index (χ1) is 13.3. The van der Waals surface area contributed by atoms with Gasteiger partial charge in [0.1, 0.15) is 5.82 Å². The van der Waals surface area contributed by atoms with E-state index in [0.29, 0.717) is 12.5 Å². The Bertz CT molecular complexity index is 1090. The highest BCUT2D eigenvalue weighted by molar-refractivity contribution is 7.89. The van der Waals surface area contributed by atoms with Gasteiger partial charge in [0.15, 0.2) is 0 Å². The van der Waals surface area contributed by atoms with E-state index in [0.717, 1.165) is 33.9 Å². The van der Waals surface area contributed by atoms with Crippen molar-refractivity contribution in [1.82, 2.24) is 13.9 Å². The van der Waals surface area contributed by atoms with E-state index in [1.165, 1.54) is 19.2 Å². The highest BCUT2D eigenvalue weighted by Gasteiger charge is 2.24. The van der Waals surface area contributed by atoms with Gasteiger partial charge in [-0.2, -0.15) is 4.31 Å². The number of aromatic nitrogens is 2. The van der Waals surface area contributed by atoms with E-state index in [1.54, 1.807) is 0 Å². The number of sulfonamides is 1. The number of likely N-dealkylation sites (N-methyl/N-ethyl adjacent to an activating group) is 1. The van der Waals surface area contributed by atoms with Gasteiger partial charge in [0.05, 0.1) is 22.5 Å². The molecule has 148 valence electrons. The van der Waals surface area contributed by atoms with Gasteiger partial charge in [-0.25, -0.2) is 17.8 Å². The Labute approximate surface area is 162 Å². The summed E-state index contributed by atoms with van der Waals surface area (Å²) in [6.07, 6.45) is 0.849. The molecule has 1 aromatic heterocycles. The normalized spacial score (nSPS) is 11.9. The van der Waals surface area contributed by atoms with Crippen molar-refractivity contribution >= 4 is 32.9 Å². The zero-order valence-electron chi connectivity index (χ0n) is 15.6. The number of halogens is 1. The number of carbonyl (C=O) groups excluding carboxylic acids is 1. The second kappa shape index (κ2) is 8.07. The third-order valence-electron chi connectivity index (χ3n) is 4.24.